The Bertz CT molecular complexity index is 929. The highest BCUT2D eigenvalue weighted by Gasteiger charge is 2.43. The highest BCUT2D eigenvalue weighted by atomic mass is 16.2. The van der Waals surface area contributed by atoms with Crippen molar-refractivity contribution in [2.75, 3.05) is 19.6 Å². The summed E-state index contributed by atoms with van der Waals surface area (Å²) in [7, 11) is 0. The minimum Gasteiger partial charge on any atom is -0.338 e. The summed E-state index contributed by atoms with van der Waals surface area (Å²) in [6, 6.07) is 3.83. The molecule has 2 aromatic heterocycles. The number of piperidine rings is 2. The van der Waals surface area contributed by atoms with Gasteiger partial charge in [0.25, 0.3) is 11.5 Å². The quantitative estimate of drug-likeness (QED) is 0.862. The van der Waals surface area contributed by atoms with Crippen molar-refractivity contribution < 1.29 is 9.59 Å². The lowest BCUT2D eigenvalue weighted by atomic mass is 9.73. The van der Waals surface area contributed by atoms with Gasteiger partial charge >= 0.3 is 0 Å². The van der Waals surface area contributed by atoms with Gasteiger partial charge in [0, 0.05) is 56.6 Å². The third kappa shape index (κ3) is 3.67. The van der Waals surface area contributed by atoms with Crippen LogP contribution in [0.4, 0.5) is 0 Å². The monoisotopic (exact) mass is 381 g/mol. The van der Waals surface area contributed by atoms with Gasteiger partial charge in [0.1, 0.15) is 5.56 Å². The number of carbonyl (C=O) groups is 2. The van der Waals surface area contributed by atoms with Gasteiger partial charge in [-0.2, -0.15) is 0 Å². The molecule has 4 rings (SSSR count). The van der Waals surface area contributed by atoms with E-state index in [9.17, 15) is 14.4 Å². The van der Waals surface area contributed by atoms with E-state index in [2.05, 4.69) is 15.0 Å². The second-order valence-electron chi connectivity index (χ2n) is 7.74. The number of aromatic nitrogens is 3. The fourth-order valence-electron chi connectivity index (χ4n) is 4.34. The number of rotatable bonds is 3. The molecule has 1 spiro atoms. The number of nitrogens with zero attached hydrogens (tertiary/aromatic N) is 4. The van der Waals surface area contributed by atoms with Gasteiger partial charge in [-0.1, -0.05) is 6.07 Å². The van der Waals surface area contributed by atoms with Crippen LogP contribution in [0, 0.1) is 5.41 Å². The maximum Gasteiger partial charge on any atom is 0.263 e. The van der Waals surface area contributed by atoms with E-state index in [1.807, 2.05) is 17.0 Å². The van der Waals surface area contributed by atoms with Gasteiger partial charge in [-0.25, -0.2) is 4.98 Å². The first-order chi connectivity index (χ1) is 13.6. The number of hydrogen-bond acceptors (Lipinski definition) is 5. The summed E-state index contributed by atoms with van der Waals surface area (Å²) in [6.45, 7) is 2.32. The first-order valence-electron chi connectivity index (χ1n) is 9.55. The van der Waals surface area contributed by atoms with Crippen molar-refractivity contribution >= 4 is 11.8 Å². The van der Waals surface area contributed by atoms with E-state index in [-0.39, 0.29) is 22.8 Å². The van der Waals surface area contributed by atoms with Crippen LogP contribution in [0.15, 0.2) is 41.8 Å². The van der Waals surface area contributed by atoms with Crippen molar-refractivity contribution in [1.29, 1.82) is 0 Å². The molecular formula is C20H23N5O3. The molecular weight excluding hydrogens is 358 g/mol. The van der Waals surface area contributed by atoms with E-state index in [0.717, 1.165) is 24.8 Å². The number of carbonyl (C=O) groups excluding carboxylic acids is 2. The molecule has 1 atom stereocenters. The van der Waals surface area contributed by atoms with Gasteiger partial charge in [0.15, 0.2) is 0 Å². The van der Waals surface area contributed by atoms with Crippen LogP contribution in [-0.2, 0) is 11.3 Å². The van der Waals surface area contributed by atoms with Crippen molar-refractivity contribution in [3.05, 3.63) is 58.5 Å². The highest BCUT2D eigenvalue weighted by molar-refractivity contribution is 5.93. The van der Waals surface area contributed by atoms with E-state index in [1.165, 1.54) is 12.5 Å². The molecule has 146 valence electrons. The largest absolute Gasteiger partial charge is 0.338 e. The van der Waals surface area contributed by atoms with E-state index in [4.69, 9.17) is 0 Å². The summed E-state index contributed by atoms with van der Waals surface area (Å²) in [5, 5.41) is 0. The fraction of sp³-hybridized carbons (Fsp3) is 0.450. The molecule has 0 bridgehead atoms. The minimum absolute atomic E-state index is 0.0682. The molecule has 1 unspecified atom stereocenters. The normalized spacial score (nSPS) is 22.5. The number of pyridine rings is 1. The predicted octanol–water partition coefficient (Wildman–Crippen LogP) is 1.21. The molecule has 0 aromatic carbocycles. The zero-order valence-corrected chi connectivity index (χ0v) is 15.6. The Morgan fingerprint density at radius 3 is 2.86 bits per heavy atom. The lowest BCUT2D eigenvalue weighted by Gasteiger charge is -2.48. The molecule has 4 heterocycles. The molecule has 0 aliphatic carbocycles. The van der Waals surface area contributed by atoms with Crippen molar-refractivity contribution in [3.8, 4) is 0 Å². The van der Waals surface area contributed by atoms with Crippen LogP contribution >= 0.6 is 0 Å². The van der Waals surface area contributed by atoms with E-state index < -0.39 is 5.56 Å². The Morgan fingerprint density at radius 1 is 1.18 bits per heavy atom. The van der Waals surface area contributed by atoms with Gasteiger partial charge in [-0.05, 0) is 30.9 Å². The highest BCUT2D eigenvalue weighted by Crippen LogP contribution is 2.39. The molecule has 2 aliphatic rings. The number of hydrogen-bond donors (Lipinski definition) is 1. The number of likely N-dealkylation sites (tertiary alicyclic amines) is 2. The van der Waals surface area contributed by atoms with Gasteiger partial charge in [-0.15, -0.1) is 0 Å². The average molecular weight is 381 g/mol. The van der Waals surface area contributed by atoms with Gasteiger partial charge in [-0.3, -0.25) is 19.4 Å². The van der Waals surface area contributed by atoms with Crippen LogP contribution in [0.5, 0.6) is 0 Å². The summed E-state index contributed by atoms with van der Waals surface area (Å²) < 4.78 is 0. The second-order valence-corrected chi connectivity index (χ2v) is 7.74. The van der Waals surface area contributed by atoms with Gasteiger partial charge < -0.3 is 14.8 Å². The third-order valence-corrected chi connectivity index (χ3v) is 5.74. The van der Waals surface area contributed by atoms with Crippen molar-refractivity contribution in [2.24, 2.45) is 5.41 Å². The number of nitrogens with one attached hydrogen (secondary N) is 1. The second kappa shape index (κ2) is 7.53. The van der Waals surface area contributed by atoms with Crippen molar-refractivity contribution in [2.45, 2.75) is 32.2 Å². The summed E-state index contributed by atoms with van der Waals surface area (Å²) in [5.41, 5.74) is 0.521. The Labute approximate surface area is 162 Å². The Morgan fingerprint density at radius 2 is 2.07 bits per heavy atom. The van der Waals surface area contributed by atoms with Crippen LogP contribution in [0.2, 0.25) is 0 Å². The first-order valence-corrected chi connectivity index (χ1v) is 9.55. The van der Waals surface area contributed by atoms with Crippen LogP contribution < -0.4 is 5.56 Å². The van der Waals surface area contributed by atoms with Crippen LogP contribution in [0.3, 0.4) is 0 Å². The van der Waals surface area contributed by atoms with E-state index >= 15 is 0 Å². The van der Waals surface area contributed by atoms with Crippen LogP contribution in [-0.4, -0.2) is 56.2 Å². The Hall–Kier alpha value is -3.03. The number of amides is 2. The lowest BCUT2D eigenvalue weighted by molar-refractivity contribution is -0.139. The maximum atomic E-state index is 12.9. The molecule has 2 saturated heterocycles. The van der Waals surface area contributed by atoms with Crippen LogP contribution in [0.1, 0.15) is 41.6 Å². The molecule has 28 heavy (non-hydrogen) atoms. The summed E-state index contributed by atoms with van der Waals surface area (Å²) in [5.74, 6) is -0.147. The summed E-state index contributed by atoms with van der Waals surface area (Å²) >= 11 is 0. The number of H-pyrrole nitrogens is 1. The minimum atomic E-state index is -0.420. The zero-order valence-electron chi connectivity index (χ0n) is 15.6. The first kappa shape index (κ1) is 18.3. The van der Waals surface area contributed by atoms with Crippen LogP contribution in [0.25, 0.3) is 0 Å². The Balaban J connectivity index is 1.51. The van der Waals surface area contributed by atoms with E-state index in [0.29, 0.717) is 32.6 Å². The molecule has 0 radical (unpaired) electrons. The smallest absolute Gasteiger partial charge is 0.263 e. The molecule has 1 N–H and O–H groups in total. The maximum absolute atomic E-state index is 12.9. The third-order valence-electron chi connectivity index (χ3n) is 5.74. The van der Waals surface area contributed by atoms with Crippen molar-refractivity contribution in [1.82, 2.24) is 24.8 Å². The fourth-order valence-corrected chi connectivity index (χ4v) is 4.34. The standard InChI is InChI=1S/C20H23N5O3/c26-17-4-6-20(13-25(17)11-15-3-1-7-21-9-15)5-2-8-24(12-20)19(28)16-10-22-14-23-18(16)27/h1,3,7,9-10,14H,2,4-6,8,11-13H2,(H,22,23,27). The predicted molar refractivity (Wildman–Crippen MR) is 101 cm³/mol. The van der Waals surface area contributed by atoms with Gasteiger partial charge in [0.2, 0.25) is 5.91 Å². The average Bonchev–Trinajstić information content (AvgIpc) is 2.72. The zero-order chi connectivity index (χ0) is 19.6. The molecule has 2 aromatic rings. The molecule has 8 nitrogen and oxygen atoms in total. The van der Waals surface area contributed by atoms with Crippen molar-refractivity contribution in [3.63, 3.8) is 0 Å². The Kier molecular flexibility index (Phi) is 4.93. The molecule has 2 amide bonds. The molecule has 2 fully saturated rings. The summed E-state index contributed by atoms with van der Waals surface area (Å²) in [6.07, 6.45) is 9.17. The lowest BCUT2D eigenvalue weighted by Crippen LogP contribution is -2.55. The summed E-state index contributed by atoms with van der Waals surface area (Å²) in [4.78, 5) is 51.4. The molecule has 0 saturated carbocycles. The van der Waals surface area contributed by atoms with Gasteiger partial charge in [0.05, 0.1) is 6.33 Å². The SMILES string of the molecule is O=C1CCC2(CCCN(C(=O)c3cnc[nH]c3=O)C2)CN1Cc1cccnc1. The molecule has 2 aliphatic heterocycles. The molecule has 8 heteroatoms. The topological polar surface area (TPSA) is 99.3 Å². The van der Waals surface area contributed by atoms with E-state index in [1.54, 1.807) is 17.3 Å². The number of aromatic amines is 1.